The standard InChI is InChI=1S/C105H82N4/c1-102(2)93-28-15-11-24-85(93)89-56-52-80(63-97(89)102)108(81-53-57-90-86-25-12-16-29-94(86)103(3,4)98(90)64-81)78-46-36-69(37-47-78)67-32-42-75(43-33-67)107(77-50-40-71(41-51-77)73-21-19-22-74(62-73)101-84-23-10-9-20-72(84)60-61-106-101)76-44-34-68(35-45-76)70-38-48-79(49-39-70)109(82-54-58-91-87-26-13-17-30-95(87)104(5,6)99(91)65-82)83-55-59-92-88-27-14-18-31-96(88)105(7,8)100(92)66-83/h9-66H,1-8H3. The van der Waals surface area contributed by atoms with E-state index in [1.807, 2.05) is 6.20 Å². The van der Waals surface area contributed by atoms with E-state index in [9.17, 15) is 0 Å². The molecule has 0 bridgehead atoms. The minimum Gasteiger partial charge on any atom is -0.311 e. The summed E-state index contributed by atoms with van der Waals surface area (Å²) in [5.74, 6) is 0. The molecule has 0 saturated carbocycles. The molecule has 0 atom stereocenters. The Labute approximate surface area is 640 Å². The minimum absolute atomic E-state index is 0.150. The lowest BCUT2D eigenvalue weighted by molar-refractivity contribution is 0.659. The first-order valence-corrected chi connectivity index (χ1v) is 38.4. The SMILES string of the molecule is CC1(C)c2ccccc2-c2ccc(N(c3ccc(-c4ccc(N(c5ccc(-c6ccc(N(c7ccc8c(c7)C(C)(C)c7ccccc7-8)c7ccc8c(c7)C(C)(C)c7ccccc7-8)cc6)cc5)c5ccc(-c6cccc(-c7nccc8ccccc78)c6)cc5)cc4)cc3)c3ccc4c(c3)C(C)(C)c3ccccc3-4)cc21. The monoisotopic (exact) mass is 1400 g/mol. The van der Waals surface area contributed by atoms with Crippen LogP contribution >= 0.6 is 0 Å². The van der Waals surface area contributed by atoms with Crippen LogP contribution in [-0.4, -0.2) is 4.98 Å². The molecule has 1 aromatic heterocycles. The molecule has 16 aromatic rings. The van der Waals surface area contributed by atoms with Gasteiger partial charge in [-0.25, -0.2) is 0 Å². The normalized spacial score (nSPS) is 14.3. The number of benzene rings is 15. The number of hydrogen-bond acceptors (Lipinski definition) is 4. The van der Waals surface area contributed by atoms with Crippen LogP contribution in [0.5, 0.6) is 0 Å². The van der Waals surface area contributed by atoms with Crippen molar-refractivity contribution in [3.8, 4) is 89.1 Å². The third kappa shape index (κ3) is 10.5. The van der Waals surface area contributed by atoms with Gasteiger partial charge in [0.05, 0.1) is 5.69 Å². The lowest BCUT2D eigenvalue weighted by Gasteiger charge is -2.30. The van der Waals surface area contributed by atoms with Crippen LogP contribution in [0.25, 0.3) is 99.9 Å². The highest BCUT2D eigenvalue weighted by Crippen LogP contribution is 2.57. The minimum atomic E-state index is -0.150. The highest BCUT2D eigenvalue weighted by Gasteiger charge is 2.41. The number of anilines is 9. The van der Waals surface area contributed by atoms with Crippen molar-refractivity contribution in [3.63, 3.8) is 0 Å². The van der Waals surface area contributed by atoms with Gasteiger partial charge in [0.1, 0.15) is 0 Å². The van der Waals surface area contributed by atoms with Gasteiger partial charge in [0, 0.05) is 90.0 Å². The Kier molecular flexibility index (Phi) is 15.0. The van der Waals surface area contributed by atoms with Crippen LogP contribution in [0.4, 0.5) is 51.2 Å². The van der Waals surface area contributed by atoms with Gasteiger partial charge >= 0.3 is 0 Å². The molecule has 0 fully saturated rings. The first kappa shape index (κ1) is 65.6. The number of rotatable bonds is 13. The summed E-state index contributed by atoms with van der Waals surface area (Å²) < 4.78 is 0. The molecule has 0 spiro atoms. The molecular weight excluding hydrogens is 1320 g/mol. The van der Waals surface area contributed by atoms with E-state index in [4.69, 9.17) is 4.98 Å². The fourth-order valence-electron chi connectivity index (χ4n) is 18.9. The van der Waals surface area contributed by atoms with Crippen LogP contribution in [-0.2, 0) is 21.7 Å². The zero-order valence-corrected chi connectivity index (χ0v) is 62.8. The van der Waals surface area contributed by atoms with Crippen molar-refractivity contribution in [1.29, 1.82) is 0 Å². The van der Waals surface area contributed by atoms with E-state index in [1.54, 1.807) is 0 Å². The smallest absolute Gasteiger partial charge is 0.0780 e. The third-order valence-electron chi connectivity index (χ3n) is 24.7. The van der Waals surface area contributed by atoms with Gasteiger partial charge in [0.2, 0.25) is 0 Å². The summed E-state index contributed by atoms with van der Waals surface area (Å²) in [5.41, 5.74) is 39.7. The molecule has 109 heavy (non-hydrogen) atoms. The molecule has 0 N–H and O–H groups in total. The second kappa shape index (κ2) is 24.9. The summed E-state index contributed by atoms with van der Waals surface area (Å²) in [5, 5.41) is 2.32. The Balaban J connectivity index is 0.643. The summed E-state index contributed by atoms with van der Waals surface area (Å²) >= 11 is 0. The largest absolute Gasteiger partial charge is 0.311 e. The molecule has 4 aliphatic rings. The van der Waals surface area contributed by atoms with E-state index in [-0.39, 0.29) is 21.7 Å². The number of pyridine rings is 1. The van der Waals surface area contributed by atoms with Crippen molar-refractivity contribution < 1.29 is 0 Å². The summed E-state index contributed by atoms with van der Waals surface area (Å²) in [7, 11) is 0. The van der Waals surface area contributed by atoms with Crippen molar-refractivity contribution in [1.82, 2.24) is 4.98 Å². The van der Waals surface area contributed by atoms with Crippen LogP contribution < -0.4 is 14.7 Å². The fourth-order valence-corrected chi connectivity index (χ4v) is 18.9. The summed E-state index contributed by atoms with van der Waals surface area (Å²) in [6.07, 6.45) is 1.91. The van der Waals surface area contributed by atoms with Crippen LogP contribution in [0, 0.1) is 0 Å². The Morgan fingerprint density at radius 1 is 0.193 bits per heavy atom. The molecule has 0 unspecified atom stereocenters. The van der Waals surface area contributed by atoms with Crippen molar-refractivity contribution >= 4 is 62.0 Å². The van der Waals surface area contributed by atoms with Crippen molar-refractivity contribution in [2.75, 3.05) is 14.7 Å². The van der Waals surface area contributed by atoms with Crippen LogP contribution in [0.1, 0.15) is 99.9 Å². The van der Waals surface area contributed by atoms with Crippen LogP contribution in [0.3, 0.4) is 0 Å². The van der Waals surface area contributed by atoms with Crippen LogP contribution in [0.15, 0.2) is 352 Å². The van der Waals surface area contributed by atoms with Gasteiger partial charge in [-0.05, 0) is 249 Å². The number of fused-ring (bicyclic) bond motifs is 13. The first-order valence-electron chi connectivity index (χ1n) is 38.4. The molecule has 4 nitrogen and oxygen atoms in total. The van der Waals surface area contributed by atoms with Gasteiger partial charge in [0.25, 0.3) is 0 Å². The maximum atomic E-state index is 4.90. The second-order valence-electron chi connectivity index (χ2n) is 32.3. The number of hydrogen-bond donors (Lipinski definition) is 0. The Hall–Kier alpha value is -12.9. The molecule has 0 aliphatic heterocycles. The van der Waals surface area contributed by atoms with Crippen molar-refractivity contribution in [3.05, 3.63) is 396 Å². The van der Waals surface area contributed by atoms with E-state index in [2.05, 4.69) is 416 Å². The lowest BCUT2D eigenvalue weighted by Crippen LogP contribution is -2.18. The molecule has 522 valence electrons. The highest BCUT2D eigenvalue weighted by atomic mass is 15.2. The van der Waals surface area contributed by atoms with Gasteiger partial charge in [0.15, 0.2) is 0 Å². The maximum Gasteiger partial charge on any atom is 0.0780 e. The molecule has 4 heteroatoms. The predicted octanol–water partition coefficient (Wildman–Crippen LogP) is 28.5. The van der Waals surface area contributed by atoms with Gasteiger partial charge < -0.3 is 14.7 Å². The van der Waals surface area contributed by atoms with E-state index in [1.165, 1.54) is 94.4 Å². The quantitative estimate of drug-likeness (QED) is 0.115. The summed E-state index contributed by atoms with van der Waals surface area (Å²) in [6, 6.07) is 129. The van der Waals surface area contributed by atoms with Crippen LogP contribution in [0.2, 0.25) is 0 Å². The van der Waals surface area contributed by atoms with E-state index in [0.717, 1.165) is 101 Å². The molecule has 0 amide bonds. The van der Waals surface area contributed by atoms with Gasteiger partial charge in [-0.3, -0.25) is 4.98 Å². The fraction of sp³-hybridized carbons (Fsp3) is 0.114. The molecule has 0 radical (unpaired) electrons. The second-order valence-corrected chi connectivity index (χ2v) is 32.3. The average molecular weight is 1400 g/mol. The Morgan fingerprint density at radius 2 is 0.450 bits per heavy atom. The van der Waals surface area contributed by atoms with Gasteiger partial charge in [-0.1, -0.05) is 280 Å². The summed E-state index contributed by atoms with van der Waals surface area (Å²) in [6.45, 7) is 19.0. The number of nitrogens with zero attached hydrogens (tertiary/aromatic N) is 4. The van der Waals surface area contributed by atoms with Crippen molar-refractivity contribution in [2.24, 2.45) is 0 Å². The topological polar surface area (TPSA) is 22.6 Å². The molecule has 0 saturated heterocycles. The molecule has 15 aromatic carbocycles. The number of aromatic nitrogens is 1. The van der Waals surface area contributed by atoms with E-state index in [0.29, 0.717) is 0 Å². The Bertz CT molecular complexity index is 5810. The van der Waals surface area contributed by atoms with Gasteiger partial charge in [-0.2, -0.15) is 0 Å². The lowest BCUT2D eigenvalue weighted by atomic mass is 9.82. The molecule has 20 rings (SSSR count). The van der Waals surface area contributed by atoms with E-state index < -0.39 is 0 Å². The van der Waals surface area contributed by atoms with Crippen molar-refractivity contribution in [2.45, 2.75) is 77.0 Å². The van der Waals surface area contributed by atoms with E-state index >= 15 is 0 Å². The first-order chi connectivity index (χ1) is 53.0. The van der Waals surface area contributed by atoms with Gasteiger partial charge in [-0.15, -0.1) is 0 Å². The molecular formula is C105H82N4. The molecule has 4 aliphatic carbocycles. The zero-order chi connectivity index (χ0) is 73.7. The Morgan fingerprint density at radius 3 is 0.780 bits per heavy atom. The maximum absolute atomic E-state index is 4.90. The average Bonchev–Trinajstić information content (AvgIpc) is 1.59. The summed E-state index contributed by atoms with van der Waals surface area (Å²) in [4.78, 5) is 12.2. The zero-order valence-electron chi connectivity index (χ0n) is 62.8. The predicted molar refractivity (Wildman–Crippen MR) is 458 cm³/mol. The third-order valence-corrected chi connectivity index (χ3v) is 24.7. The molecule has 1 heterocycles. The highest BCUT2D eigenvalue weighted by molar-refractivity contribution is 5.96.